The molecule has 0 bridgehead atoms. The van der Waals surface area contributed by atoms with Crippen LogP contribution >= 0.6 is 11.3 Å². The predicted molar refractivity (Wildman–Crippen MR) is 88.6 cm³/mol. The zero-order valence-corrected chi connectivity index (χ0v) is 12.1. The average molecular weight is 294 g/mol. The number of nitrogen functional groups attached to an aromatic ring is 1. The molecular weight excluding hydrogens is 280 g/mol. The topological polar surface area (TPSA) is 55.1 Å². The van der Waals surface area contributed by atoms with Crippen molar-refractivity contribution in [2.75, 3.05) is 11.1 Å². The van der Waals surface area contributed by atoms with Crippen molar-refractivity contribution in [2.24, 2.45) is 0 Å². The molecule has 1 aromatic heterocycles. The van der Waals surface area contributed by atoms with Gasteiger partial charge in [0.2, 0.25) is 0 Å². The van der Waals surface area contributed by atoms with Crippen molar-refractivity contribution in [3.63, 3.8) is 0 Å². The molecule has 0 aliphatic carbocycles. The van der Waals surface area contributed by atoms with Crippen LogP contribution in [-0.4, -0.2) is 5.91 Å². The van der Waals surface area contributed by atoms with Crippen LogP contribution < -0.4 is 11.1 Å². The quantitative estimate of drug-likeness (QED) is 0.709. The monoisotopic (exact) mass is 294 g/mol. The minimum Gasteiger partial charge on any atom is -0.398 e. The number of benzene rings is 2. The fourth-order valence-corrected chi connectivity index (χ4v) is 2.95. The van der Waals surface area contributed by atoms with Crippen molar-refractivity contribution in [3.8, 4) is 10.4 Å². The molecule has 2 aromatic carbocycles. The Balaban J connectivity index is 1.79. The maximum Gasteiger partial charge on any atom is 0.258 e. The van der Waals surface area contributed by atoms with Gasteiger partial charge < -0.3 is 11.1 Å². The highest BCUT2D eigenvalue weighted by Gasteiger charge is 2.10. The van der Waals surface area contributed by atoms with Crippen LogP contribution in [0.15, 0.2) is 66.7 Å². The van der Waals surface area contributed by atoms with E-state index in [2.05, 4.69) is 5.32 Å². The van der Waals surface area contributed by atoms with E-state index in [1.165, 1.54) is 0 Å². The molecule has 3 nitrogen and oxygen atoms in total. The van der Waals surface area contributed by atoms with Crippen molar-refractivity contribution in [2.45, 2.75) is 0 Å². The standard InChI is InChI=1S/C17H14N2OS/c18-14-9-5-4-8-13(14)17(20)19-16-11-10-15(21-16)12-6-2-1-3-7-12/h1-11H,18H2,(H,19,20). The lowest BCUT2D eigenvalue weighted by molar-refractivity contribution is 0.102. The Morgan fingerprint density at radius 2 is 1.62 bits per heavy atom. The molecule has 4 heteroatoms. The number of nitrogens with two attached hydrogens (primary N) is 1. The summed E-state index contributed by atoms with van der Waals surface area (Å²) in [6.07, 6.45) is 0. The molecule has 0 radical (unpaired) electrons. The van der Waals surface area contributed by atoms with Gasteiger partial charge in [0.1, 0.15) is 0 Å². The van der Waals surface area contributed by atoms with Crippen LogP contribution in [0.25, 0.3) is 10.4 Å². The third kappa shape index (κ3) is 2.95. The number of carbonyl (C=O) groups is 1. The Hall–Kier alpha value is -2.59. The molecule has 0 saturated carbocycles. The lowest BCUT2D eigenvalue weighted by Gasteiger charge is -2.05. The number of rotatable bonds is 3. The number of hydrogen-bond acceptors (Lipinski definition) is 3. The van der Waals surface area contributed by atoms with Gasteiger partial charge in [0.05, 0.1) is 10.6 Å². The van der Waals surface area contributed by atoms with Crippen LogP contribution in [0.1, 0.15) is 10.4 Å². The summed E-state index contributed by atoms with van der Waals surface area (Å²) >= 11 is 1.54. The van der Waals surface area contributed by atoms with Gasteiger partial charge >= 0.3 is 0 Å². The van der Waals surface area contributed by atoms with E-state index in [0.717, 1.165) is 15.4 Å². The molecule has 104 valence electrons. The number of thiophene rings is 1. The summed E-state index contributed by atoms with van der Waals surface area (Å²) in [5.41, 5.74) is 7.93. The molecule has 3 rings (SSSR count). The van der Waals surface area contributed by atoms with Crippen LogP contribution in [0, 0.1) is 0 Å². The molecular formula is C17H14N2OS. The molecule has 3 N–H and O–H groups in total. The summed E-state index contributed by atoms with van der Waals surface area (Å²) in [5.74, 6) is -0.186. The summed E-state index contributed by atoms with van der Waals surface area (Å²) in [6.45, 7) is 0. The van der Waals surface area contributed by atoms with Crippen LogP contribution in [0.3, 0.4) is 0 Å². The third-order valence-corrected chi connectivity index (χ3v) is 4.16. The van der Waals surface area contributed by atoms with Crippen LogP contribution in [0.4, 0.5) is 10.7 Å². The Morgan fingerprint density at radius 1 is 0.905 bits per heavy atom. The van der Waals surface area contributed by atoms with E-state index < -0.39 is 0 Å². The molecule has 1 amide bonds. The second-order valence-corrected chi connectivity index (χ2v) is 5.66. The molecule has 1 heterocycles. The predicted octanol–water partition coefficient (Wildman–Crippen LogP) is 4.25. The smallest absolute Gasteiger partial charge is 0.258 e. The Bertz CT molecular complexity index is 765. The summed E-state index contributed by atoms with van der Waals surface area (Å²) in [6, 6.07) is 21.0. The molecule has 0 atom stereocenters. The van der Waals surface area contributed by atoms with Crippen molar-refractivity contribution in [1.82, 2.24) is 0 Å². The zero-order chi connectivity index (χ0) is 14.7. The average Bonchev–Trinajstić information content (AvgIpc) is 2.97. The molecule has 0 aliphatic rings. The summed E-state index contributed by atoms with van der Waals surface area (Å²) in [4.78, 5) is 13.3. The molecule has 0 saturated heterocycles. The Labute approximate surface area is 127 Å². The van der Waals surface area contributed by atoms with E-state index in [4.69, 9.17) is 5.73 Å². The minimum atomic E-state index is -0.186. The van der Waals surface area contributed by atoms with Crippen molar-refractivity contribution in [3.05, 3.63) is 72.3 Å². The zero-order valence-electron chi connectivity index (χ0n) is 11.2. The maximum atomic E-state index is 12.2. The van der Waals surface area contributed by atoms with Gasteiger partial charge in [0, 0.05) is 10.6 Å². The highest BCUT2D eigenvalue weighted by Crippen LogP contribution is 2.31. The van der Waals surface area contributed by atoms with E-state index in [1.54, 1.807) is 29.5 Å². The SMILES string of the molecule is Nc1ccccc1C(=O)Nc1ccc(-c2ccccc2)s1. The second-order valence-electron chi connectivity index (χ2n) is 4.57. The van der Waals surface area contributed by atoms with Gasteiger partial charge in [-0.05, 0) is 29.8 Å². The number of anilines is 2. The van der Waals surface area contributed by atoms with Gasteiger partial charge in [-0.2, -0.15) is 0 Å². The van der Waals surface area contributed by atoms with E-state index in [1.807, 2.05) is 48.5 Å². The maximum absolute atomic E-state index is 12.2. The normalized spacial score (nSPS) is 10.3. The van der Waals surface area contributed by atoms with Crippen LogP contribution in [0.5, 0.6) is 0 Å². The van der Waals surface area contributed by atoms with E-state index in [0.29, 0.717) is 11.3 Å². The van der Waals surface area contributed by atoms with Crippen molar-refractivity contribution >= 4 is 27.9 Å². The molecule has 21 heavy (non-hydrogen) atoms. The van der Waals surface area contributed by atoms with Gasteiger partial charge in [-0.15, -0.1) is 11.3 Å². The number of hydrogen-bond donors (Lipinski definition) is 2. The lowest BCUT2D eigenvalue weighted by Crippen LogP contribution is -2.12. The van der Waals surface area contributed by atoms with Gasteiger partial charge in [0.15, 0.2) is 0 Å². The molecule has 3 aromatic rings. The summed E-state index contributed by atoms with van der Waals surface area (Å²) in [7, 11) is 0. The molecule has 0 unspecified atom stereocenters. The van der Waals surface area contributed by atoms with Crippen LogP contribution in [-0.2, 0) is 0 Å². The van der Waals surface area contributed by atoms with Crippen LogP contribution in [0.2, 0.25) is 0 Å². The molecule has 0 aliphatic heterocycles. The van der Waals surface area contributed by atoms with E-state index in [9.17, 15) is 4.79 Å². The van der Waals surface area contributed by atoms with Gasteiger partial charge in [0.25, 0.3) is 5.91 Å². The minimum absolute atomic E-state index is 0.186. The van der Waals surface area contributed by atoms with Gasteiger partial charge in [-0.3, -0.25) is 4.79 Å². The van der Waals surface area contributed by atoms with E-state index in [-0.39, 0.29) is 5.91 Å². The second kappa shape index (κ2) is 5.81. The Morgan fingerprint density at radius 3 is 2.38 bits per heavy atom. The fourth-order valence-electron chi connectivity index (χ4n) is 2.05. The summed E-state index contributed by atoms with van der Waals surface area (Å²) < 4.78 is 0. The first-order chi connectivity index (χ1) is 10.2. The number of para-hydroxylation sites is 1. The first kappa shape index (κ1) is 13.4. The molecule has 0 fully saturated rings. The fraction of sp³-hybridized carbons (Fsp3) is 0. The van der Waals surface area contributed by atoms with E-state index >= 15 is 0 Å². The summed E-state index contributed by atoms with van der Waals surface area (Å²) in [5, 5.41) is 3.70. The number of amides is 1. The lowest BCUT2D eigenvalue weighted by atomic mass is 10.2. The number of nitrogens with one attached hydrogen (secondary N) is 1. The first-order valence-corrected chi connectivity index (χ1v) is 7.37. The number of carbonyl (C=O) groups excluding carboxylic acids is 1. The van der Waals surface area contributed by atoms with Crippen molar-refractivity contribution < 1.29 is 4.79 Å². The molecule has 0 spiro atoms. The third-order valence-electron chi connectivity index (χ3n) is 3.11. The Kier molecular flexibility index (Phi) is 3.71. The first-order valence-electron chi connectivity index (χ1n) is 6.55. The van der Waals surface area contributed by atoms with Crippen molar-refractivity contribution in [1.29, 1.82) is 0 Å². The van der Waals surface area contributed by atoms with Gasteiger partial charge in [-0.1, -0.05) is 42.5 Å². The van der Waals surface area contributed by atoms with Gasteiger partial charge in [-0.25, -0.2) is 0 Å². The largest absolute Gasteiger partial charge is 0.398 e. The highest BCUT2D eigenvalue weighted by molar-refractivity contribution is 7.19. The highest BCUT2D eigenvalue weighted by atomic mass is 32.1.